The van der Waals surface area contributed by atoms with Crippen molar-refractivity contribution in [1.29, 1.82) is 0 Å². The van der Waals surface area contributed by atoms with E-state index < -0.39 is 5.54 Å². The Labute approximate surface area is 227 Å². The number of carbonyl (C=O) groups excluding carboxylic acids is 3. The molecule has 5 aliphatic rings. The van der Waals surface area contributed by atoms with E-state index in [-0.39, 0.29) is 17.9 Å². The number of likely N-dealkylation sites (tertiary alicyclic amines) is 1. The largest absolute Gasteiger partial charge is 0.341 e. The van der Waals surface area contributed by atoms with Crippen molar-refractivity contribution < 1.29 is 14.4 Å². The van der Waals surface area contributed by atoms with Gasteiger partial charge in [0.2, 0.25) is 5.91 Å². The summed E-state index contributed by atoms with van der Waals surface area (Å²) in [6, 6.07) is 11.2. The molecule has 0 N–H and O–H groups in total. The Balaban J connectivity index is 1.22. The molecule has 2 bridgehead atoms. The molecule has 4 atom stereocenters. The molecule has 1 aromatic carbocycles. The van der Waals surface area contributed by atoms with E-state index in [2.05, 4.69) is 54.0 Å². The lowest BCUT2D eigenvalue weighted by molar-refractivity contribution is -0.137. The Morgan fingerprint density at radius 1 is 0.974 bits per heavy atom. The van der Waals surface area contributed by atoms with Crippen molar-refractivity contribution in [3.05, 3.63) is 35.9 Å². The average Bonchev–Trinajstić information content (AvgIpc) is 3.67. The third-order valence-electron chi connectivity index (χ3n) is 10.3. The second-order valence-electron chi connectivity index (χ2n) is 13.2. The summed E-state index contributed by atoms with van der Waals surface area (Å²) in [6.45, 7) is 7.48. The molecule has 38 heavy (non-hydrogen) atoms. The van der Waals surface area contributed by atoms with Crippen LogP contribution in [-0.2, 0) is 9.59 Å². The molecule has 5 fully saturated rings. The summed E-state index contributed by atoms with van der Waals surface area (Å²) in [7, 11) is 1.65. The Bertz CT molecular complexity index is 1050. The molecule has 4 heterocycles. The summed E-state index contributed by atoms with van der Waals surface area (Å²) < 4.78 is 0. The number of carbonyl (C=O) groups is 3. The zero-order valence-electron chi connectivity index (χ0n) is 23.3. The van der Waals surface area contributed by atoms with E-state index >= 15 is 0 Å². The van der Waals surface area contributed by atoms with Gasteiger partial charge in [-0.25, -0.2) is 4.79 Å². The second kappa shape index (κ2) is 9.96. The van der Waals surface area contributed by atoms with Crippen molar-refractivity contribution in [3.8, 4) is 0 Å². The highest BCUT2D eigenvalue weighted by Gasteiger charge is 2.62. The molecule has 206 valence electrons. The van der Waals surface area contributed by atoms with E-state index in [1.54, 1.807) is 7.05 Å². The van der Waals surface area contributed by atoms with Crippen LogP contribution in [0.4, 0.5) is 4.79 Å². The molecule has 1 spiro atoms. The fourth-order valence-electron chi connectivity index (χ4n) is 8.52. The molecule has 4 aliphatic heterocycles. The lowest BCUT2D eigenvalue weighted by atomic mass is 9.80. The molecule has 7 nitrogen and oxygen atoms in total. The van der Waals surface area contributed by atoms with Gasteiger partial charge in [-0.2, -0.15) is 0 Å². The lowest BCUT2D eigenvalue weighted by Crippen LogP contribution is -2.61. The van der Waals surface area contributed by atoms with E-state index in [0.29, 0.717) is 42.3 Å². The van der Waals surface area contributed by atoms with Crippen molar-refractivity contribution in [3.63, 3.8) is 0 Å². The molecular formula is C31H44N4O3. The Morgan fingerprint density at radius 3 is 2.26 bits per heavy atom. The normalized spacial score (nSPS) is 34.1. The minimum absolute atomic E-state index is 0.00364. The number of rotatable bonds is 6. The van der Waals surface area contributed by atoms with Gasteiger partial charge in [0.15, 0.2) is 0 Å². The van der Waals surface area contributed by atoms with E-state index in [1.165, 1.54) is 23.3 Å². The molecule has 4 amide bonds. The summed E-state index contributed by atoms with van der Waals surface area (Å²) in [5.41, 5.74) is 0.651. The van der Waals surface area contributed by atoms with E-state index in [1.807, 2.05) is 4.90 Å². The predicted octanol–water partition coefficient (Wildman–Crippen LogP) is 4.33. The maximum absolute atomic E-state index is 13.5. The number of hydrogen-bond donors (Lipinski definition) is 0. The smallest absolute Gasteiger partial charge is 0.327 e. The Morgan fingerprint density at radius 2 is 1.63 bits per heavy atom. The fourth-order valence-corrected chi connectivity index (χ4v) is 8.52. The first-order valence-electron chi connectivity index (χ1n) is 15.0. The highest BCUT2D eigenvalue weighted by atomic mass is 16.2. The van der Waals surface area contributed by atoms with Gasteiger partial charge in [-0.05, 0) is 55.9 Å². The van der Waals surface area contributed by atoms with Crippen LogP contribution in [0.25, 0.3) is 0 Å². The molecular weight excluding hydrogens is 476 g/mol. The quantitative estimate of drug-likeness (QED) is 0.524. The number of benzene rings is 1. The van der Waals surface area contributed by atoms with Crippen molar-refractivity contribution in [2.75, 3.05) is 33.2 Å². The first-order valence-corrected chi connectivity index (χ1v) is 15.0. The number of piperidine rings is 1. The van der Waals surface area contributed by atoms with Gasteiger partial charge < -0.3 is 9.80 Å². The number of imide groups is 1. The summed E-state index contributed by atoms with van der Waals surface area (Å²) in [4.78, 5) is 48.2. The maximum Gasteiger partial charge on any atom is 0.327 e. The number of amides is 4. The SMILES string of the molecule is CC(C)CN1C(=O)N(C)C(=O)C12CC1CCC(C2)N1C[C@H]1CN(C(=O)C2CCCC2)C[C@@H]1c1ccccc1. The van der Waals surface area contributed by atoms with Crippen molar-refractivity contribution in [2.24, 2.45) is 17.8 Å². The lowest BCUT2D eigenvalue weighted by Gasteiger charge is -2.48. The molecule has 1 saturated carbocycles. The highest BCUT2D eigenvalue weighted by molar-refractivity contribution is 6.07. The third-order valence-corrected chi connectivity index (χ3v) is 10.3. The summed E-state index contributed by atoms with van der Waals surface area (Å²) in [5.74, 6) is 1.63. The van der Waals surface area contributed by atoms with Gasteiger partial charge in [0.05, 0.1) is 0 Å². The minimum Gasteiger partial charge on any atom is -0.341 e. The molecule has 1 aromatic rings. The molecule has 1 aliphatic carbocycles. The zero-order chi connectivity index (χ0) is 26.6. The van der Waals surface area contributed by atoms with Crippen LogP contribution >= 0.6 is 0 Å². The minimum atomic E-state index is -0.683. The van der Waals surface area contributed by atoms with Crippen LogP contribution in [0.2, 0.25) is 0 Å². The van der Waals surface area contributed by atoms with Gasteiger partial charge in [-0.15, -0.1) is 0 Å². The number of urea groups is 1. The molecule has 7 heteroatoms. The zero-order valence-corrected chi connectivity index (χ0v) is 23.3. The van der Waals surface area contributed by atoms with Crippen LogP contribution in [0, 0.1) is 17.8 Å². The Kier molecular flexibility index (Phi) is 6.78. The fraction of sp³-hybridized carbons (Fsp3) is 0.710. The van der Waals surface area contributed by atoms with Crippen LogP contribution < -0.4 is 0 Å². The molecule has 0 radical (unpaired) electrons. The van der Waals surface area contributed by atoms with Gasteiger partial charge >= 0.3 is 6.03 Å². The van der Waals surface area contributed by atoms with Crippen LogP contribution in [-0.4, -0.2) is 88.3 Å². The van der Waals surface area contributed by atoms with Gasteiger partial charge in [-0.3, -0.25) is 19.4 Å². The highest BCUT2D eigenvalue weighted by Crippen LogP contribution is 2.48. The van der Waals surface area contributed by atoms with Crippen molar-refractivity contribution in [2.45, 2.75) is 88.8 Å². The van der Waals surface area contributed by atoms with E-state index in [4.69, 9.17) is 0 Å². The predicted molar refractivity (Wildman–Crippen MR) is 146 cm³/mol. The number of hydrogen-bond acceptors (Lipinski definition) is 4. The van der Waals surface area contributed by atoms with Gasteiger partial charge in [-0.1, -0.05) is 57.0 Å². The first-order chi connectivity index (χ1) is 18.3. The topological polar surface area (TPSA) is 64.2 Å². The van der Waals surface area contributed by atoms with E-state index in [0.717, 1.165) is 58.2 Å². The molecule has 6 rings (SSSR count). The monoisotopic (exact) mass is 520 g/mol. The number of fused-ring (bicyclic) bond motifs is 2. The van der Waals surface area contributed by atoms with Crippen molar-refractivity contribution in [1.82, 2.24) is 19.6 Å². The van der Waals surface area contributed by atoms with Crippen LogP contribution in [0.5, 0.6) is 0 Å². The van der Waals surface area contributed by atoms with Crippen molar-refractivity contribution >= 4 is 17.8 Å². The summed E-state index contributed by atoms with van der Waals surface area (Å²) >= 11 is 0. The van der Waals surface area contributed by atoms with Gasteiger partial charge in [0.25, 0.3) is 5.91 Å². The maximum atomic E-state index is 13.5. The van der Waals surface area contributed by atoms with E-state index in [9.17, 15) is 14.4 Å². The number of nitrogens with zero attached hydrogens (tertiary/aromatic N) is 4. The molecule has 4 saturated heterocycles. The van der Waals surface area contributed by atoms with Gasteiger partial charge in [0, 0.05) is 57.1 Å². The van der Waals surface area contributed by atoms with Crippen LogP contribution in [0.3, 0.4) is 0 Å². The third kappa shape index (κ3) is 4.25. The number of likely N-dealkylation sites (N-methyl/N-ethyl adjacent to an activating group) is 1. The van der Waals surface area contributed by atoms with Crippen LogP contribution in [0.1, 0.15) is 76.7 Å². The first kappa shape index (κ1) is 25.8. The summed E-state index contributed by atoms with van der Waals surface area (Å²) in [6.07, 6.45) is 8.08. The summed E-state index contributed by atoms with van der Waals surface area (Å²) in [5, 5.41) is 0. The standard InChI is InChI=1S/C31H44N4O3/c1-21(2)17-35-30(38)32(3)29(37)31(35)15-25-13-14-26(16-31)34(25)19-24-18-33(28(36)23-11-7-8-12-23)20-27(24)22-9-5-4-6-10-22/h4-6,9-10,21,23-27H,7-8,11-20H2,1-3H3/t24-,25?,26?,27-,31?/m1/s1. The Hall–Kier alpha value is -2.41. The van der Waals surface area contributed by atoms with Gasteiger partial charge in [0.1, 0.15) is 5.54 Å². The molecule has 2 unspecified atom stereocenters. The average molecular weight is 521 g/mol. The molecule has 0 aromatic heterocycles. The second-order valence-corrected chi connectivity index (χ2v) is 13.2. The van der Waals surface area contributed by atoms with Crippen LogP contribution in [0.15, 0.2) is 30.3 Å².